The highest BCUT2D eigenvalue weighted by Crippen LogP contribution is 2.28. The maximum Gasteiger partial charge on any atom is 0.192 e. The van der Waals surface area contributed by atoms with Crippen LogP contribution in [0.5, 0.6) is 5.75 Å². The minimum atomic E-state index is 0.236. The van der Waals surface area contributed by atoms with Crippen LogP contribution in [0.1, 0.15) is 61.3 Å². The SMILES string of the molecule is Cc1ccc(CN=C(NCc2nnc(C)n2C)NCC2CCCO2)c(OC2CCCC2)c1. The first-order valence-corrected chi connectivity index (χ1v) is 11.8. The van der Waals surface area contributed by atoms with Gasteiger partial charge in [-0.15, -0.1) is 10.2 Å². The molecule has 0 bridgehead atoms. The molecule has 1 unspecified atom stereocenters. The summed E-state index contributed by atoms with van der Waals surface area (Å²) in [6.07, 6.45) is 7.57. The Hall–Kier alpha value is -2.61. The average Bonchev–Trinajstić information content (AvgIpc) is 3.54. The lowest BCUT2D eigenvalue weighted by atomic mass is 10.1. The van der Waals surface area contributed by atoms with Crippen molar-refractivity contribution < 1.29 is 9.47 Å². The largest absolute Gasteiger partial charge is 0.490 e. The summed E-state index contributed by atoms with van der Waals surface area (Å²) in [5.41, 5.74) is 2.31. The second kappa shape index (κ2) is 10.8. The van der Waals surface area contributed by atoms with Gasteiger partial charge in [-0.2, -0.15) is 0 Å². The van der Waals surface area contributed by atoms with Crippen LogP contribution in [-0.4, -0.2) is 46.1 Å². The lowest BCUT2D eigenvalue weighted by Crippen LogP contribution is -2.41. The van der Waals surface area contributed by atoms with Crippen LogP contribution in [0, 0.1) is 13.8 Å². The van der Waals surface area contributed by atoms with Crippen LogP contribution in [0.4, 0.5) is 0 Å². The Morgan fingerprint density at radius 1 is 1.16 bits per heavy atom. The number of nitrogens with one attached hydrogen (secondary N) is 2. The van der Waals surface area contributed by atoms with Crippen molar-refractivity contribution in [1.29, 1.82) is 0 Å². The highest BCUT2D eigenvalue weighted by atomic mass is 16.5. The van der Waals surface area contributed by atoms with Crippen molar-refractivity contribution >= 4 is 5.96 Å². The number of aromatic nitrogens is 3. The molecule has 1 aromatic carbocycles. The van der Waals surface area contributed by atoms with Crippen molar-refractivity contribution in [3.8, 4) is 5.75 Å². The van der Waals surface area contributed by atoms with E-state index in [9.17, 15) is 0 Å². The zero-order valence-corrected chi connectivity index (χ0v) is 19.6. The zero-order chi connectivity index (χ0) is 22.3. The molecule has 0 radical (unpaired) electrons. The summed E-state index contributed by atoms with van der Waals surface area (Å²) in [7, 11) is 1.97. The maximum absolute atomic E-state index is 6.36. The lowest BCUT2D eigenvalue weighted by molar-refractivity contribution is 0.113. The van der Waals surface area contributed by atoms with Crippen molar-refractivity contribution in [2.75, 3.05) is 13.2 Å². The third-order valence-corrected chi connectivity index (χ3v) is 6.34. The second-order valence-corrected chi connectivity index (χ2v) is 8.89. The highest BCUT2D eigenvalue weighted by Gasteiger charge is 2.19. The van der Waals surface area contributed by atoms with Crippen molar-refractivity contribution in [2.24, 2.45) is 12.0 Å². The smallest absolute Gasteiger partial charge is 0.192 e. The fraction of sp³-hybridized carbons (Fsp3) is 0.625. The molecule has 0 spiro atoms. The Kier molecular flexibility index (Phi) is 7.63. The van der Waals surface area contributed by atoms with Gasteiger partial charge in [0.05, 0.1) is 25.3 Å². The monoisotopic (exact) mass is 440 g/mol. The molecule has 2 fully saturated rings. The molecule has 4 rings (SSSR count). The number of nitrogens with zero attached hydrogens (tertiary/aromatic N) is 4. The molecule has 1 saturated heterocycles. The first-order chi connectivity index (χ1) is 15.6. The normalized spacial score (nSPS) is 19.5. The van der Waals surface area contributed by atoms with Crippen LogP contribution in [0.2, 0.25) is 0 Å². The zero-order valence-electron chi connectivity index (χ0n) is 19.6. The Morgan fingerprint density at radius 2 is 2.00 bits per heavy atom. The summed E-state index contributed by atoms with van der Waals surface area (Å²) in [6, 6.07) is 6.40. The quantitative estimate of drug-likeness (QED) is 0.484. The van der Waals surface area contributed by atoms with E-state index in [2.05, 4.69) is 46.0 Å². The first kappa shape index (κ1) is 22.6. The summed E-state index contributed by atoms with van der Waals surface area (Å²) in [5.74, 6) is 3.47. The van der Waals surface area contributed by atoms with Gasteiger partial charge in [0.25, 0.3) is 0 Å². The van der Waals surface area contributed by atoms with E-state index in [1.165, 1.54) is 18.4 Å². The van der Waals surface area contributed by atoms with Crippen LogP contribution < -0.4 is 15.4 Å². The molecule has 174 valence electrons. The summed E-state index contributed by atoms with van der Waals surface area (Å²) >= 11 is 0. The fourth-order valence-corrected chi connectivity index (χ4v) is 4.21. The third kappa shape index (κ3) is 6.00. The van der Waals surface area contributed by atoms with Gasteiger partial charge in [0.15, 0.2) is 11.8 Å². The number of aryl methyl sites for hydroxylation is 2. The second-order valence-electron chi connectivity index (χ2n) is 8.89. The number of hydrogen-bond acceptors (Lipinski definition) is 5. The molecular formula is C24H36N6O2. The molecular weight excluding hydrogens is 404 g/mol. The average molecular weight is 441 g/mol. The van der Waals surface area contributed by atoms with Gasteiger partial charge in [-0.3, -0.25) is 0 Å². The molecule has 2 aliphatic rings. The van der Waals surface area contributed by atoms with Crippen LogP contribution >= 0.6 is 0 Å². The van der Waals surface area contributed by atoms with Gasteiger partial charge < -0.3 is 24.7 Å². The van der Waals surface area contributed by atoms with Crippen molar-refractivity contribution in [2.45, 2.75) is 77.7 Å². The van der Waals surface area contributed by atoms with E-state index < -0.39 is 0 Å². The van der Waals surface area contributed by atoms with E-state index >= 15 is 0 Å². The van der Waals surface area contributed by atoms with Crippen LogP contribution in [0.3, 0.4) is 0 Å². The Morgan fingerprint density at radius 3 is 2.72 bits per heavy atom. The van der Waals surface area contributed by atoms with Crippen molar-refractivity contribution in [1.82, 2.24) is 25.4 Å². The standard InChI is InChI=1S/C24H36N6O2/c1-17-10-11-19(22(13-17)32-20-7-4-5-8-20)14-25-24(26-15-21-9-6-12-31-21)27-16-23-29-28-18(2)30(23)3/h10-11,13,20-21H,4-9,12,14-16H2,1-3H3,(H2,25,26,27). The van der Waals surface area contributed by atoms with Gasteiger partial charge in [-0.1, -0.05) is 12.1 Å². The number of hydrogen-bond donors (Lipinski definition) is 2. The van der Waals surface area contributed by atoms with Gasteiger partial charge in [-0.05, 0) is 64.0 Å². The highest BCUT2D eigenvalue weighted by molar-refractivity contribution is 5.79. The Labute approximate surface area is 190 Å². The fourth-order valence-electron chi connectivity index (χ4n) is 4.21. The molecule has 8 heteroatoms. The topological polar surface area (TPSA) is 85.6 Å². The van der Waals surface area contributed by atoms with E-state index in [1.807, 2.05) is 18.5 Å². The molecule has 2 aromatic rings. The van der Waals surface area contributed by atoms with Gasteiger partial charge in [-0.25, -0.2) is 4.99 Å². The molecule has 0 amide bonds. The minimum Gasteiger partial charge on any atom is -0.490 e. The molecule has 1 aromatic heterocycles. The maximum atomic E-state index is 6.36. The van der Waals surface area contributed by atoms with E-state index in [4.69, 9.17) is 14.5 Å². The predicted octanol–water partition coefficient (Wildman–Crippen LogP) is 3.17. The molecule has 1 atom stereocenters. The molecule has 2 heterocycles. The molecule has 1 saturated carbocycles. The molecule has 2 N–H and O–H groups in total. The van der Waals surface area contributed by atoms with Crippen LogP contribution in [0.15, 0.2) is 23.2 Å². The Bertz CT molecular complexity index is 913. The summed E-state index contributed by atoms with van der Waals surface area (Å²) < 4.78 is 14.1. The van der Waals surface area contributed by atoms with Gasteiger partial charge in [0.2, 0.25) is 0 Å². The third-order valence-electron chi connectivity index (χ3n) is 6.34. The van der Waals surface area contributed by atoms with E-state index in [1.54, 1.807) is 0 Å². The molecule has 1 aliphatic heterocycles. The van der Waals surface area contributed by atoms with Crippen molar-refractivity contribution in [3.05, 3.63) is 41.0 Å². The Balaban J connectivity index is 1.45. The predicted molar refractivity (Wildman–Crippen MR) is 125 cm³/mol. The summed E-state index contributed by atoms with van der Waals surface area (Å²) in [4.78, 5) is 4.87. The summed E-state index contributed by atoms with van der Waals surface area (Å²) in [5, 5.41) is 15.2. The van der Waals surface area contributed by atoms with E-state index in [0.717, 1.165) is 67.8 Å². The number of rotatable bonds is 8. The number of guanidine groups is 1. The molecule has 32 heavy (non-hydrogen) atoms. The number of ether oxygens (including phenoxy) is 2. The molecule has 8 nitrogen and oxygen atoms in total. The van der Waals surface area contributed by atoms with E-state index in [0.29, 0.717) is 19.2 Å². The minimum absolute atomic E-state index is 0.236. The first-order valence-electron chi connectivity index (χ1n) is 11.8. The van der Waals surface area contributed by atoms with Gasteiger partial charge in [0.1, 0.15) is 11.6 Å². The number of aliphatic imine (C=N–C) groups is 1. The molecule has 1 aliphatic carbocycles. The van der Waals surface area contributed by atoms with Crippen LogP contribution in [-0.2, 0) is 24.9 Å². The lowest BCUT2D eigenvalue weighted by Gasteiger charge is -2.18. The number of benzene rings is 1. The summed E-state index contributed by atoms with van der Waals surface area (Å²) in [6.45, 7) is 6.73. The van der Waals surface area contributed by atoms with Crippen LogP contribution in [0.25, 0.3) is 0 Å². The van der Waals surface area contributed by atoms with E-state index in [-0.39, 0.29) is 6.10 Å². The van der Waals surface area contributed by atoms with Crippen molar-refractivity contribution in [3.63, 3.8) is 0 Å². The van der Waals surface area contributed by atoms with Gasteiger partial charge >= 0.3 is 0 Å². The van der Waals surface area contributed by atoms with Gasteiger partial charge in [0, 0.05) is 25.8 Å².